The Labute approximate surface area is 175 Å². The molecule has 0 N–H and O–H groups in total. The molecule has 1 amide bonds. The number of rotatable bonds is 9. The topological polar surface area (TPSA) is 55.8 Å². The van der Waals surface area contributed by atoms with E-state index < -0.39 is 4.75 Å². The molecule has 5 nitrogen and oxygen atoms in total. The fourth-order valence-corrected chi connectivity index (χ4v) is 5.05. The Bertz CT molecular complexity index is 899. The quantitative estimate of drug-likeness (QED) is 0.353. The molecule has 0 saturated carbocycles. The first-order valence-electron chi connectivity index (χ1n) is 9.47. The fraction of sp³-hybridized carbons (Fsp3) is 0.304. The van der Waals surface area contributed by atoms with Gasteiger partial charge in [0.15, 0.2) is 0 Å². The number of amides is 1. The van der Waals surface area contributed by atoms with E-state index in [1.807, 2.05) is 61.5 Å². The number of likely N-dealkylation sites (tertiary alicyclic amines) is 1. The minimum Gasteiger partial charge on any atom is -0.497 e. The van der Waals surface area contributed by atoms with E-state index >= 15 is 0 Å². The molecule has 1 aliphatic heterocycles. The number of ether oxygens (including phenoxy) is 2. The van der Waals surface area contributed by atoms with E-state index in [1.54, 1.807) is 30.9 Å². The molecule has 1 fully saturated rings. The number of thioether (sulfide) groups is 1. The van der Waals surface area contributed by atoms with Crippen molar-refractivity contribution in [3.63, 3.8) is 0 Å². The Kier molecular flexibility index (Phi) is 6.64. The normalized spacial score (nSPS) is 21.1. The molecule has 1 aliphatic rings. The summed E-state index contributed by atoms with van der Waals surface area (Å²) in [4.78, 5) is 27.2. The SMILES string of the molecule is CCC1(Sc2ccccc2)C(=O)N(Cc2ccc(OC)cc2OC)C1/C=C/C=O. The zero-order valence-corrected chi connectivity index (χ0v) is 17.6. The van der Waals surface area contributed by atoms with Crippen molar-refractivity contribution < 1.29 is 19.1 Å². The number of β-lactam (4-membered cyclic amide) rings is 1. The molecule has 29 heavy (non-hydrogen) atoms. The minimum absolute atomic E-state index is 0.0623. The van der Waals surface area contributed by atoms with Gasteiger partial charge in [-0.15, -0.1) is 11.8 Å². The van der Waals surface area contributed by atoms with Crippen LogP contribution in [0.2, 0.25) is 0 Å². The van der Waals surface area contributed by atoms with Crippen LogP contribution in [0.4, 0.5) is 0 Å². The summed E-state index contributed by atoms with van der Waals surface area (Å²) < 4.78 is 10.1. The number of allylic oxidation sites excluding steroid dienone is 1. The van der Waals surface area contributed by atoms with Crippen molar-refractivity contribution in [2.24, 2.45) is 0 Å². The van der Waals surface area contributed by atoms with Gasteiger partial charge in [-0.25, -0.2) is 0 Å². The summed E-state index contributed by atoms with van der Waals surface area (Å²) in [5.74, 6) is 1.42. The zero-order valence-electron chi connectivity index (χ0n) is 16.8. The Morgan fingerprint density at radius 2 is 1.90 bits per heavy atom. The number of benzene rings is 2. The van der Waals surface area contributed by atoms with Crippen LogP contribution in [0.1, 0.15) is 18.9 Å². The third-order valence-corrected chi connectivity index (χ3v) is 6.79. The number of methoxy groups -OCH3 is 2. The largest absolute Gasteiger partial charge is 0.497 e. The smallest absolute Gasteiger partial charge is 0.242 e. The molecule has 2 atom stereocenters. The summed E-state index contributed by atoms with van der Waals surface area (Å²) in [5, 5.41) is 0. The van der Waals surface area contributed by atoms with Crippen LogP contribution in [-0.4, -0.2) is 42.1 Å². The fourth-order valence-electron chi connectivity index (χ4n) is 3.66. The number of nitrogens with zero attached hydrogens (tertiary/aromatic N) is 1. The van der Waals surface area contributed by atoms with Crippen LogP contribution in [0, 0.1) is 0 Å². The minimum atomic E-state index is -0.624. The Balaban J connectivity index is 1.90. The van der Waals surface area contributed by atoms with E-state index in [0.717, 1.165) is 16.7 Å². The summed E-state index contributed by atoms with van der Waals surface area (Å²) >= 11 is 1.57. The van der Waals surface area contributed by atoms with Gasteiger partial charge in [0.2, 0.25) is 5.91 Å². The lowest BCUT2D eigenvalue weighted by molar-refractivity contribution is -0.150. The first-order chi connectivity index (χ1) is 14.1. The summed E-state index contributed by atoms with van der Waals surface area (Å²) in [6.45, 7) is 2.41. The standard InChI is InChI=1S/C23H25NO4S/c1-4-23(29-19-9-6-5-7-10-19)21(11-8-14-25)24(22(23)26)16-17-12-13-18(27-2)15-20(17)28-3/h5-15,21H,4,16H2,1-3H3/b11-8+. The zero-order chi connectivity index (χ0) is 20.9. The van der Waals surface area contributed by atoms with Gasteiger partial charge in [0.1, 0.15) is 22.5 Å². The van der Waals surface area contributed by atoms with Crippen molar-refractivity contribution in [2.45, 2.75) is 35.6 Å². The van der Waals surface area contributed by atoms with Gasteiger partial charge in [0.25, 0.3) is 0 Å². The molecule has 0 aromatic heterocycles. The van der Waals surface area contributed by atoms with Gasteiger partial charge in [0.05, 0.1) is 26.8 Å². The Morgan fingerprint density at radius 3 is 2.52 bits per heavy atom. The van der Waals surface area contributed by atoms with Crippen LogP contribution in [0.25, 0.3) is 0 Å². The van der Waals surface area contributed by atoms with Crippen molar-refractivity contribution in [1.82, 2.24) is 4.90 Å². The van der Waals surface area contributed by atoms with Gasteiger partial charge in [-0.1, -0.05) is 31.2 Å². The number of carbonyl (C=O) groups is 2. The molecule has 0 radical (unpaired) electrons. The highest BCUT2D eigenvalue weighted by Crippen LogP contribution is 2.50. The van der Waals surface area contributed by atoms with E-state index in [-0.39, 0.29) is 11.9 Å². The van der Waals surface area contributed by atoms with E-state index in [4.69, 9.17) is 9.47 Å². The molecule has 0 bridgehead atoms. The van der Waals surface area contributed by atoms with Gasteiger partial charge >= 0.3 is 0 Å². The lowest BCUT2D eigenvalue weighted by Gasteiger charge is -2.54. The van der Waals surface area contributed by atoms with Gasteiger partial charge in [0, 0.05) is 16.5 Å². The highest BCUT2D eigenvalue weighted by atomic mass is 32.2. The van der Waals surface area contributed by atoms with Gasteiger partial charge in [-0.05, 0) is 36.8 Å². The average Bonchev–Trinajstić information content (AvgIpc) is 2.77. The molecule has 3 rings (SSSR count). The van der Waals surface area contributed by atoms with E-state index in [2.05, 4.69) is 0 Å². The predicted molar refractivity (Wildman–Crippen MR) is 114 cm³/mol. The maximum absolute atomic E-state index is 13.3. The molecule has 0 spiro atoms. The predicted octanol–water partition coefficient (Wildman–Crippen LogP) is 4.11. The maximum atomic E-state index is 13.3. The molecule has 2 aromatic carbocycles. The van der Waals surface area contributed by atoms with Crippen molar-refractivity contribution in [1.29, 1.82) is 0 Å². The maximum Gasteiger partial charge on any atom is 0.242 e. The van der Waals surface area contributed by atoms with Crippen LogP contribution in [0.15, 0.2) is 65.6 Å². The second kappa shape index (κ2) is 9.18. The molecule has 152 valence electrons. The molecule has 2 unspecified atom stereocenters. The summed E-state index contributed by atoms with van der Waals surface area (Å²) in [6, 6.07) is 15.3. The molecule has 6 heteroatoms. The highest BCUT2D eigenvalue weighted by molar-refractivity contribution is 8.01. The van der Waals surface area contributed by atoms with Crippen LogP contribution >= 0.6 is 11.8 Å². The third-order valence-electron chi connectivity index (χ3n) is 5.21. The summed E-state index contributed by atoms with van der Waals surface area (Å²) in [6.07, 6.45) is 4.72. The molecular weight excluding hydrogens is 386 g/mol. The van der Waals surface area contributed by atoms with Crippen molar-refractivity contribution in [3.8, 4) is 11.5 Å². The van der Waals surface area contributed by atoms with Crippen LogP contribution in [0.3, 0.4) is 0 Å². The first-order valence-corrected chi connectivity index (χ1v) is 10.3. The number of hydrogen-bond acceptors (Lipinski definition) is 5. The van der Waals surface area contributed by atoms with Crippen LogP contribution < -0.4 is 9.47 Å². The lowest BCUT2D eigenvalue weighted by atomic mass is 9.83. The van der Waals surface area contributed by atoms with Gasteiger partial charge in [-0.2, -0.15) is 0 Å². The van der Waals surface area contributed by atoms with E-state index in [0.29, 0.717) is 24.5 Å². The van der Waals surface area contributed by atoms with Crippen molar-refractivity contribution >= 4 is 24.0 Å². The molecule has 0 aliphatic carbocycles. The monoisotopic (exact) mass is 411 g/mol. The number of hydrogen-bond donors (Lipinski definition) is 0. The Hall–Kier alpha value is -2.73. The van der Waals surface area contributed by atoms with Gasteiger partial charge in [-0.3, -0.25) is 9.59 Å². The van der Waals surface area contributed by atoms with Crippen molar-refractivity contribution in [3.05, 3.63) is 66.2 Å². The molecule has 2 aromatic rings. The third kappa shape index (κ3) is 4.03. The van der Waals surface area contributed by atoms with E-state index in [1.165, 1.54) is 6.08 Å². The number of carbonyl (C=O) groups excluding carboxylic acids is 2. The molecular formula is C23H25NO4S. The molecule has 1 heterocycles. The lowest BCUT2D eigenvalue weighted by Crippen LogP contribution is -2.70. The van der Waals surface area contributed by atoms with Crippen molar-refractivity contribution in [2.75, 3.05) is 14.2 Å². The second-order valence-electron chi connectivity index (χ2n) is 6.73. The highest BCUT2D eigenvalue weighted by Gasteiger charge is 2.59. The van der Waals surface area contributed by atoms with E-state index in [9.17, 15) is 9.59 Å². The summed E-state index contributed by atoms with van der Waals surface area (Å²) in [5.41, 5.74) is 0.889. The van der Waals surface area contributed by atoms with Gasteiger partial charge < -0.3 is 14.4 Å². The van der Waals surface area contributed by atoms with Crippen LogP contribution in [0.5, 0.6) is 11.5 Å². The average molecular weight is 412 g/mol. The van der Waals surface area contributed by atoms with Crippen LogP contribution in [-0.2, 0) is 16.1 Å². The molecule has 1 saturated heterocycles. The number of aldehydes is 1. The first kappa shape index (κ1) is 21.0. The summed E-state index contributed by atoms with van der Waals surface area (Å²) in [7, 11) is 3.20. The Morgan fingerprint density at radius 1 is 1.14 bits per heavy atom. The second-order valence-corrected chi connectivity index (χ2v) is 8.14.